The summed E-state index contributed by atoms with van der Waals surface area (Å²) in [6, 6.07) is 11.4. The number of hydrogen-bond acceptors (Lipinski definition) is 1. The Bertz CT molecular complexity index is 447. The molecule has 0 saturated heterocycles. The molecule has 1 aromatic carbocycles. The first kappa shape index (κ1) is 13.9. The van der Waals surface area contributed by atoms with Gasteiger partial charge in [-0.2, -0.15) is 0 Å². The first-order valence-electron chi connectivity index (χ1n) is 7.36. The molecule has 0 spiro atoms. The third-order valence-corrected chi connectivity index (χ3v) is 3.90. The molecule has 0 aliphatic carbocycles. The Morgan fingerprint density at radius 2 is 1.95 bits per heavy atom. The molecule has 0 N–H and O–H groups in total. The maximum absolute atomic E-state index is 4.21. The monoisotopic (exact) mass is 256 g/mol. The zero-order valence-electron chi connectivity index (χ0n) is 12.0. The van der Waals surface area contributed by atoms with Crippen LogP contribution in [-0.2, 0) is 6.42 Å². The van der Waals surface area contributed by atoms with Crippen LogP contribution in [0.4, 0.5) is 0 Å². The first-order chi connectivity index (χ1) is 9.35. The lowest BCUT2D eigenvalue weighted by molar-refractivity contribution is 0.297. The third-order valence-electron chi connectivity index (χ3n) is 3.90. The molecular formula is C17H24N2. The van der Waals surface area contributed by atoms with Crippen molar-refractivity contribution in [3.8, 4) is 0 Å². The lowest BCUT2D eigenvalue weighted by Gasteiger charge is -2.27. The molecular weight excluding hydrogens is 232 g/mol. The van der Waals surface area contributed by atoms with Gasteiger partial charge in [0.15, 0.2) is 0 Å². The molecule has 0 radical (unpaired) electrons. The van der Waals surface area contributed by atoms with E-state index in [9.17, 15) is 0 Å². The lowest BCUT2D eigenvalue weighted by Crippen LogP contribution is -2.20. The van der Waals surface area contributed by atoms with E-state index in [4.69, 9.17) is 0 Å². The van der Waals surface area contributed by atoms with Gasteiger partial charge in [-0.1, -0.05) is 57.0 Å². The topological polar surface area (TPSA) is 17.8 Å². The summed E-state index contributed by atoms with van der Waals surface area (Å²) < 4.78 is 2.29. The molecule has 2 nitrogen and oxygen atoms in total. The van der Waals surface area contributed by atoms with Gasteiger partial charge in [0.2, 0.25) is 0 Å². The van der Waals surface area contributed by atoms with Gasteiger partial charge in [0.05, 0.1) is 6.33 Å². The van der Waals surface area contributed by atoms with Crippen LogP contribution in [0.5, 0.6) is 0 Å². The minimum absolute atomic E-state index is 0.567. The van der Waals surface area contributed by atoms with Crippen LogP contribution >= 0.6 is 0 Å². The number of imidazole rings is 1. The zero-order chi connectivity index (χ0) is 13.5. The third kappa shape index (κ3) is 3.69. The van der Waals surface area contributed by atoms with Gasteiger partial charge in [-0.15, -0.1) is 0 Å². The van der Waals surface area contributed by atoms with E-state index in [2.05, 4.69) is 59.9 Å². The van der Waals surface area contributed by atoms with Crippen molar-refractivity contribution in [2.24, 2.45) is 5.92 Å². The van der Waals surface area contributed by atoms with E-state index in [1.807, 2.05) is 12.5 Å². The quantitative estimate of drug-likeness (QED) is 0.713. The SMILES string of the molecule is CCCC(C(CC)Cc1ccccc1)n1ccnc1. The van der Waals surface area contributed by atoms with Gasteiger partial charge >= 0.3 is 0 Å². The predicted molar refractivity (Wildman–Crippen MR) is 80.1 cm³/mol. The highest BCUT2D eigenvalue weighted by molar-refractivity contribution is 5.15. The van der Waals surface area contributed by atoms with Gasteiger partial charge in [-0.3, -0.25) is 0 Å². The van der Waals surface area contributed by atoms with Crippen molar-refractivity contribution >= 4 is 0 Å². The van der Waals surface area contributed by atoms with Crippen LogP contribution in [0.2, 0.25) is 0 Å². The van der Waals surface area contributed by atoms with Crippen LogP contribution in [0, 0.1) is 5.92 Å². The van der Waals surface area contributed by atoms with Gasteiger partial charge in [-0.25, -0.2) is 4.98 Å². The second kappa shape index (κ2) is 7.13. The van der Waals surface area contributed by atoms with Crippen LogP contribution in [0.15, 0.2) is 49.1 Å². The van der Waals surface area contributed by atoms with Crippen LogP contribution in [0.3, 0.4) is 0 Å². The van der Waals surface area contributed by atoms with E-state index in [1.165, 1.54) is 24.8 Å². The second-order valence-electron chi connectivity index (χ2n) is 5.22. The molecule has 2 heteroatoms. The van der Waals surface area contributed by atoms with Gasteiger partial charge in [-0.05, 0) is 24.3 Å². The van der Waals surface area contributed by atoms with Crippen molar-refractivity contribution in [1.82, 2.24) is 9.55 Å². The van der Waals surface area contributed by atoms with Crippen molar-refractivity contribution in [1.29, 1.82) is 0 Å². The number of hydrogen-bond donors (Lipinski definition) is 0. The lowest BCUT2D eigenvalue weighted by atomic mass is 9.87. The molecule has 19 heavy (non-hydrogen) atoms. The van der Waals surface area contributed by atoms with Gasteiger partial charge in [0, 0.05) is 18.4 Å². The molecule has 2 atom stereocenters. The van der Waals surface area contributed by atoms with E-state index in [0.29, 0.717) is 12.0 Å². The first-order valence-corrected chi connectivity index (χ1v) is 7.36. The highest BCUT2D eigenvalue weighted by Crippen LogP contribution is 2.29. The Balaban J connectivity index is 2.13. The highest BCUT2D eigenvalue weighted by Gasteiger charge is 2.20. The molecule has 0 amide bonds. The fourth-order valence-electron chi connectivity index (χ4n) is 2.86. The minimum Gasteiger partial charge on any atom is -0.334 e. The Kier molecular flexibility index (Phi) is 5.20. The van der Waals surface area contributed by atoms with E-state index in [-0.39, 0.29) is 0 Å². The van der Waals surface area contributed by atoms with Crippen LogP contribution < -0.4 is 0 Å². The van der Waals surface area contributed by atoms with Crippen LogP contribution in [-0.4, -0.2) is 9.55 Å². The summed E-state index contributed by atoms with van der Waals surface area (Å²) in [5.74, 6) is 0.677. The highest BCUT2D eigenvalue weighted by atomic mass is 15.1. The summed E-state index contributed by atoms with van der Waals surface area (Å²) >= 11 is 0. The molecule has 1 aromatic heterocycles. The molecule has 102 valence electrons. The van der Waals surface area contributed by atoms with E-state index in [1.54, 1.807) is 0 Å². The molecule has 0 aliphatic rings. The zero-order valence-corrected chi connectivity index (χ0v) is 12.0. The average Bonchev–Trinajstić information content (AvgIpc) is 2.97. The maximum Gasteiger partial charge on any atom is 0.0948 e. The molecule has 0 bridgehead atoms. The summed E-state index contributed by atoms with van der Waals surface area (Å²) in [5.41, 5.74) is 1.44. The van der Waals surface area contributed by atoms with Gasteiger partial charge in [0.1, 0.15) is 0 Å². The molecule has 0 aliphatic heterocycles. The Morgan fingerprint density at radius 3 is 2.53 bits per heavy atom. The van der Waals surface area contributed by atoms with Gasteiger partial charge < -0.3 is 4.57 Å². The van der Waals surface area contributed by atoms with Crippen molar-refractivity contribution in [3.63, 3.8) is 0 Å². The van der Waals surface area contributed by atoms with E-state index < -0.39 is 0 Å². The second-order valence-corrected chi connectivity index (χ2v) is 5.22. The largest absolute Gasteiger partial charge is 0.334 e. The number of rotatable bonds is 7. The molecule has 1 heterocycles. The smallest absolute Gasteiger partial charge is 0.0948 e. The van der Waals surface area contributed by atoms with Crippen LogP contribution in [0.25, 0.3) is 0 Å². The molecule has 2 aromatic rings. The predicted octanol–water partition coefficient (Wildman–Crippen LogP) is 4.49. The van der Waals surface area contributed by atoms with E-state index >= 15 is 0 Å². The fourth-order valence-corrected chi connectivity index (χ4v) is 2.86. The Hall–Kier alpha value is -1.57. The number of aromatic nitrogens is 2. The average molecular weight is 256 g/mol. The maximum atomic E-state index is 4.21. The van der Waals surface area contributed by atoms with E-state index in [0.717, 1.165) is 6.42 Å². The van der Waals surface area contributed by atoms with Gasteiger partial charge in [0.25, 0.3) is 0 Å². The Morgan fingerprint density at radius 1 is 1.16 bits per heavy atom. The molecule has 0 fully saturated rings. The Labute approximate surface area is 116 Å². The summed E-state index contributed by atoms with van der Waals surface area (Å²) in [7, 11) is 0. The molecule has 2 unspecified atom stereocenters. The van der Waals surface area contributed by atoms with Crippen molar-refractivity contribution in [2.75, 3.05) is 0 Å². The standard InChI is InChI=1S/C17H24N2/c1-3-8-17(19-12-11-18-14-19)16(4-2)13-15-9-6-5-7-10-15/h5-7,9-12,14,16-17H,3-4,8,13H2,1-2H3. The number of benzene rings is 1. The normalized spacial score (nSPS) is 14.2. The summed E-state index contributed by atoms with van der Waals surface area (Å²) in [4.78, 5) is 4.21. The van der Waals surface area contributed by atoms with Crippen molar-refractivity contribution in [2.45, 2.75) is 45.6 Å². The minimum atomic E-state index is 0.567. The fraction of sp³-hybridized carbons (Fsp3) is 0.471. The summed E-state index contributed by atoms with van der Waals surface area (Å²) in [6.45, 7) is 4.56. The number of nitrogens with zero attached hydrogens (tertiary/aromatic N) is 2. The van der Waals surface area contributed by atoms with Crippen LogP contribution in [0.1, 0.15) is 44.7 Å². The molecule has 0 saturated carbocycles. The van der Waals surface area contributed by atoms with Crippen molar-refractivity contribution in [3.05, 3.63) is 54.6 Å². The molecule has 2 rings (SSSR count). The van der Waals surface area contributed by atoms with Crippen molar-refractivity contribution < 1.29 is 0 Å². The summed E-state index contributed by atoms with van der Waals surface area (Å²) in [6.07, 6.45) is 10.8. The summed E-state index contributed by atoms with van der Waals surface area (Å²) in [5, 5.41) is 0.